The number of aryl methyl sites for hydroxylation is 1. The van der Waals surface area contributed by atoms with Crippen LogP contribution in [-0.2, 0) is 7.05 Å². The highest BCUT2D eigenvalue weighted by atomic mass is 16.5. The molecule has 1 aromatic heterocycles. The number of nitrogens with zero attached hydrogens (tertiary/aromatic N) is 2. The largest absolute Gasteiger partial charge is 0.490 e. The van der Waals surface area contributed by atoms with Crippen LogP contribution in [0.5, 0.6) is 5.75 Å². The molecule has 4 nitrogen and oxygen atoms in total. The van der Waals surface area contributed by atoms with Crippen molar-refractivity contribution in [3.8, 4) is 17.0 Å². The van der Waals surface area contributed by atoms with Gasteiger partial charge in [-0.25, -0.2) is 4.68 Å². The van der Waals surface area contributed by atoms with Crippen LogP contribution in [0.3, 0.4) is 0 Å². The van der Waals surface area contributed by atoms with Crippen LogP contribution in [0.25, 0.3) is 11.3 Å². The number of para-hydroxylation sites is 1. The van der Waals surface area contributed by atoms with Crippen molar-refractivity contribution >= 4 is 0 Å². The predicted octanol–water partition coefficient (Wildman–Crippen LogP) is 2.77. The Kier molecular flexibility index (Phi) is 3.54. The fraction of sp³-hybridized carbons (Fsp3) is 0.375. The van der Waals surface area contributed by atoms with Crippen molar-refractivity contribution in [1.29, 1.82) is 0 Å². The lowest BCUT2D eigenvalue weighted by Gasteiger charge is -2.16. The summed E-state index contributed by atoms with van der Waals surface area (Å²) in [6.07, 6.45) is 5.03. The van der Waals surface area contributed by atoms with Crippen LogP contribution in [-0.4, -0.2) is 15.9 Å². The van der Waals surface area contributed by atoms with Crippen LogP contribution in [0.1, 0.15) is 25.7 Å². The van der Waals surface area contributed by atoms with Gasteiger partial charge in [0.05, 0.1) is 11.8 Å². The van der Waals surface area contributed by atoms with Crippen molar-refractivity contribution in [2.24, 2.45) is 7.05 Å². The molecule has 0 radical (unpaired) electrons. The molecule has 0 spiro atoms. The summed E-state index contributed by atoms with van der Waals surface area (Å²) < 4.78 is 7.45. The van der Waals surface area contributed by atoms with Gasteiger partial charge in [0.15, 0.2) is 0 Å². The van der Waals surface area contributed by atoms with E-state index in [1.165, 1.54) is 23.6 Å². The lowest BCUT2D eigenvalue weighted by molar-refractivity contribution is 0.211. The zero-order chi connectivity index (χ0) is 13.9. The number of aromatic nitrogens is 2. The first-order chi connectivity index (χ1) is 9.74. The smallest absolute Gasteiger partial charge is 0.266 e. The van der Waals surface area contributed by atoms with E-state index < -0.39 is 0 Å². The molecule has 0 N–H and O–H groups in total. The monoisotopic (exact) mass is 270 g/mol. The molecule has 1 aromatic carbocycles. The third-order valence-corrected chi connectivity index (χ3v) is 3.72. The van der Waals surface area contributed by atoms with E-state index in [1.54, 1.807) is 13.1 Å². The Hall–Kier alpha value is -2.10. The molecular formula is C16H18N2O2. The summed E-state index contributed by atoms with van der Waals surface area (Å²) in [7, 11) is 1.66. The summed E-state index contributed by atoms with van der Waals surface area (Å²) in [6.45, 7) is 0. The molecule has 0 saturated heterocycles. The fourth-order valence-electron chi connectivity index (χ4n) is 2.61. The summed E-state index contributed by atoms with van der Waals surface area (Å²) in [5.74, 6) is 0.852. The van der Waals surface area contributed by atoms with E-state index in [0.29, 0.717) is 6.10 Å². The minimum atomic E-state index is -0.108. The maximum atomic E-state index is 11.4. The van der Waals surface area contributed by atoms with Gasteiger partial charge in [0.2, 0.25) is 0 Å². The highest BCUT2D eigenvalue weighted by Crippen LogP contribution is 2.31. The van der Waals surface area contributed by atoms with Gasteiger partial charge in [-0.3, -0.25) is 4.79 Å². The topological polar surface area (TPSA) is 44.1 Å². The molecule has 1 heterocycles. The quantitative estimate of drug-likeness (QED) is 0.861. The SMILES string of the molecule is Cn1nc(-c2ccccc2OC2CCCC2)ccc1=O. The van der Waals surface area contributed by atoms with E-state index in [0.717, 1.165) is 29.8 Å². The second kappa shape index (κ2) is 5.49. The van der Waals surface area contributed by atoms with Crippen molar-refractivity contribution in [1.82, 2.24) is 9.78 Å². The normalized spacial score (nSPS) is 15.4. The zero-order valence-corrected chi connectivity index (χ0v) is 11.6. The van der Waals surface area contributed by atoms with E-state index in [-0.39, 0.29) is 5.56 Å². The van der Waals surface area contributed by atoms with E-state index in [4.69, 9.17) is 4.74 Å². The molecule has 1 fully saturated rings. The van der Waals surface area contributed by atoms with E-state index >= 15 is 0 Å². The molecule has 0 bridgehead atoms. The first kappa shape index (κ1) is 12.9. The van der Waals surface area contributed by atoms with Gasteiger partial charge < -0.3 is 4.74 Å². The molecule has 2 aromatic rings. The van der Waals surface area contributed by atoms with Crippen LogP contribution >= 0.6 is 0 Å². The van der Waals surface area contributed by atoms with Crippen LogP contribution in [0.2, 0.25) is 0 Å². The molecule has 1 saturated carbocycles. The number of hydrogen-bond donors (Lipinski definition) is 0. The lowest BCUT2D eigenvalue weighted by atomic mass is 10.1. The average molecular weight is 270 g/mol. The van der Waals surface area contributed by atoms with Gasteiger partial charge >= 0.3 is 0 Å². The Morgan fingerprint density at radius 1 is 1.15 bits per heavy atom. The van der Waals surface area contributed by atoms with Crippen molar-refractivity contribution in [2.45, 2.75) is 31.8 Å². The van der Waals surface area contributed by atoms with Gasteiger partial charge in [0.25, 0.3) is 5.56 Å². The molecule has 0 aliphatic heterocycles. The van der Waals surface area contributed by atoms with E-state index in [1.807, 2.05) is 24.3 Å². The second-order valence-electron chi connectivity index (χ2n) is 5.20. The van der Waals surface area contributed by atoms with Crippen LogP contribution < -0.4 is 10.3 Å². The van der Waals surface area contributed by atoms with E-state index in [2.05, 4.69) is 5.10 Å². The van der Waals surface area contributed by atoms with Crippen LogP contribution in [0.15, 0.2) is 41.2 Å². The summed E-state index contributed by atoms with van der Waals surface area (Å²) in [5, 5.41) is 4.30. The number of rotatable bonds is 3. The number of ether oxygens (including phenoxy) is 1. The molecule has 20 heavy (non-hydrogen) atoms. The Bertz CT molecular complexity index is 658. The molecule has 0 atom stereocenters. The second-order valence-corrected chi connectivity index (χ2v) is 5.20. The summed E-state index contributed by atoms with van der Waals surface area (Å²) in [5.41, 5.74) is 1.60. The summed E-state index contributed by atoms with van der Waals surface area (Å²) in [4.78, 5) is 11.4. The molecule has 0 unspecified atom stereocenters. The predicted molar refractivity (Wildman–Crippen MR) is 77.8 cm³/mol. The first-order valence-corrected chi connectivity index (χ1v) is 7.04. The van der Waals surface area contributed by atoms with Gasteiger partial charge in [0, 0.05) is 18.7 Å². The minimum Gasteiger partial charge on any atom is -0.490 e. The Morgan fingerprint density at radius 2 is 1.90 bits per heavy atom. The van der Waals surface area contributed by atoms with Crippen molar-refractivity contribution in [3.63, 3.8) is 0 Å². The van der Waals surface area contributed by atoms with Gasteiger partial charge in [-0.1, -0.05) is 12.1 Å². The van der Waals surface area contributed by atoms with Gasteiger partial charge in [0.1, 0.15) is 5.75 Å². The molecular weight excluding hydrogens is 252 g/mol. The Labute approximate surface area is 118 Å². The Morgan fingerprint density at radius 3 is 2.65 bits per heavy atom. The molecule has 4 heteroatoms. The zero-order valence-electron chi connectivity index (χ0n) is 11.6. The van der Waals surface area contributed by atoms with Crippen molar-refractivity contribution in [2.75, 3.05) is 0 Å². The fourth-order valence-corrected chi connectivity index (χ4v) is 2.61. The summed E-state index contributed by atoms with van der Waals surface area (Å²) >= 11 is 0. The highest BCUT2D eigenvalue weighted by molar-refractivity contribution is 5.66. The minimum absolute atomic E-state index is 0.108. The van der Waals surface area contributed by atoms with Crippen LogP contribution in [0, 0.1) is 0 Å². The third-order valence-electron chi connectivity index (χ3n) is 3.72. The standard InChI is InChI=1S/C16H18N2O2/c1-18-16(19)11-10-14(17-18)13-8-4-5-9-15(13)20-12-6-2-3-7-12/h4-5,8-12H,2-3,6-7H2,1H3. The van der Waals surface area contributed by atoms with Gasteiger partial charge in [-0.15, -0.1) is 0 Å². The third kappa shape index (κ3) is 2.59. The lowest BCUT2D eigenvalue weighted by Crippen LogP contribution is -2.18. The molecule has 104 valence electrons. The van der Waals surface area contributed by atoms with Crippen molar-refractivity contribution < 1.29 is 4.74 Å². The molecule has 3 rings (SSSR count). The molecule has 1 aliphatic carbocycles. The number of hydrogen-bond acceptors (Lipinski definition) is 3. The molecule has 0 amide bonds. The Balaban J connectivity index is 1.95. The first-order valence-electron chi connectivity index (χ1n) is 7.04. The summed E-state index contributed by atoms with van der Waals surface area (Å²) in [6, 6.07) is 11.2. The van der Waals surface area contributed by atoms with E-state index in [9.17, 15) is 4.79 Å². The highest BCUT2D eigenvalue weighted by Gasteiger charge is 2.18. The van der Waals surface area contributed by atoms with Crippen LogP contribution in [0.4, 0.5) is 0 Å². The van der Waals surface area contributed by atoms with Crippen molar-refractivity contribution in [3.05, 3.63) is 46.8 Å². The maximum Gasteiger partial charge on any atom is 0.266 e. The van der Waals surface area contributed by atoms with Gasteiger partial charge in [-0.2, -0.15) is 5.10 Å². The average Bonchev–Trinajstić information content (AvgIpc) is 2.96. The maximum absolute atomic E-state index is 11.4. The van der Waals surface area contributed by atoms with Gasteiger partial charge in [-0.05, 0) is 43.9 Å². The molecule has 1 aliphatic rings. The number of benzene rings is 1.